The highest BCUT2D eigenvalue weighted by Crippen LogP contribution is 2.36. The molecule has 0 amide bonds. The lowest BCUT2D eigenvalue weighted by atomic mass is 9.91. The first-order chi connectivity index (χ1) is 19.2. The first-order valence-electron chi connectivity index (χ1n) is 13.4. The molecule has 1 fully saturated rings. The number of aryl methyl sites for hydroxylation is 1. The van der Waals surface area contributed by atoms with E-state index in [-0.39, 0.29) is 11.8 Å². The van der Waals surface area contributed by atoms with Gasteiger partial charge in [0.15, 0.2) is 5.78 Å². The molecule has 0 N–H and O–H groups in total. The monoisotopic (exact) mass is 574 g/mol. The van der Waals surface area contributed by atoms with E-state index in [1.165, 1.54) is 0 Å². The van der Waals surface area contributed by atoms with E-state index in [1.54, 1.807) is 23.1 Å². The zero-order chi connectivity index (χ0) is 28.0. The zero-order valence-electron chi connectivity index (χ0n) is 23.0. The number of carbonyl (C=O) groups is 1. The summed E-state index contributed by atoms with van der Waals surface area (Å²) in [5.74, 6) is 2.18. The number of benzene rings is 2. The smallest absolute Gasteiger partial charge is 0.157 e. The van der Waals surface area contributed by atoms with Crippen LogP contribution in [0.25, 0.3) is 33.3 Å². The lowest BCUT2D eigenvalue weighted by Gasteiger charge is -2.23. The predicted molar refractivity (Wildman–Crippen MR) is 158 cm³/mol. The van der Waals surface area contributed by atoms with Gasteiger partial charge in [0.1, 0.15) is 40.6 Å². The molecule has 1 unspecified atom stereocenters. The lowest BCUT2D eigenvalue weighted by Crippen LogP contribution is -2.29. The van der Waals surface area contributed by atoms with Crippen LogP contribution in [0.1, 0.15) is 24.7 Å². The second-order valence-electron chi connectivity index (χ2n) is 11.4. The molecular formula is C29H31ClN6O3Si. The number of imidazole rings is 1. The molecule has 40 heavy (non-hydrogen) atoms. The molecule has 9 nitrogen and oxygen atoms in total. The number of ether oxygens (including phenoxy) is 2. The molecule has 3 heterocycles. The van der Waals surface area contributed by atoms with Gasteiger partial charge in [0.05, 0.1) is 34.6 Å². The zero-order valence-corrected chi connectivity index (χ0v) is 24.8. The predicted octanol–water partition coefficient (Wildman–Crippen LogP) is 6.81. The Labute approximate surface area is 238 Å². The molecule has 0 saturated heterocycles. The van der Waals surface area contributed by atoms with Gasteiger partial charge in [0.25, 0.3) is 0 Å². The summed E-state index contributed by atoms with van der Waals surface area (Å²) >= 11 is 6.78. The van der Waals surface area contributed by atoms with Gasteiger partial charge in [-0.05, 0) is 43.7 Å². The van der Waals surface area contributed by atoms with Gasteiger partial charge in [0.2, 0.25) is 0 Å². The third kappa shape index (κ3) is 5.26. The van der Waals surface area contributed by atoms with Crippen LogP contribution in [0.3, 0.4) is 0 Å². The van der Waals surface area contributed by atoms with E-state index in [4.69, 9.17) is 31.0 Å². The molecule has 0 bridgehead atoms. The first kappa shape index (κ1) is 26.6. The minimum Gasteiger partial charge on any atom is -0.456 e. The number of ketones is 1. The van der Waals surface area contributed by atoms with E-state index in [9.17, 15) is 4.79 Å². The summed E-state index contributed by atoms with van der Waals surface area (Å²) in [6.45, 7) is 10.2. The molecule has 1 atom stereocenters. The van der Waals surface area contributed by atoms with Crippen LogP contribution in [0.2, 0.25) is 30.7 Å². The van der Waals surface area contributed by atoms with E-state index >= 15 is 0 Å². The second-order valence-corrected chi connectivity index (χ2v) is 17.4. The number of hydrogen-bond donors (Lipinski definition) is 0. The Balaban J connectivity index is 1.22. The van der Waals surface area contributed by atoms with Crippen LogP contribution in [0, 0.1) is 6.92 Å². The Morgan fingerprint density at radius 3 is 2.70 bits per heavy atom. The van der Waals surface area contributed by atoms with Crippen molar-refractivity contribution in [3.8, 4) is 22.8 Å². The number of hydrogen-bond acceptors (Lipinski definition) is 7. The van der Waals surface area contributed by atoms with Gasteiger partial charge in [-0.1, -0.05) is 31.2 Å². The van der Waals surface area contributed by atoms with Gasteiger partial charge in [-0.25, -0.2) is 9.97 Å². The van der Waals surface area contributed by atoms with Crippen molar-refractivity contribution in [2.75, 3.05) is 6.61 Å². The molecular weight excluding hydrogens is 544 g/mol. The van der Waals surface area contributed by atoms with E-state index in [0.29, 0.717) is 46.4 Å². The molecule has 5 aromatic rings. The maximum absolute atomic E-state index is 11.8. The van der Waals surface area contributed by atoms with Crippen LogP contribution in [-0.4, -0.2) is 49.8 Å². The Morgan fingerprint density at radius 2 is 1.95 bits per heavy atom. The van der Waals surface area contributed by atoms with Gasteiger partial charge in [0, 0.05) is 38.9 Å². The standard InChI is InChI=1S/C29H31ClN6O3Si/c1-18-33-22-13-20(5-7-24(22)35(18)17-38-11-12-40(2,3)4)39-27-10-6-21-29(28(27)30)34-23(15-31-21)19-14-32-36(16-19)25-8-9-26(25)37/h5-7,10,13-16,25H,8-9,11-12,17H2,1-4H3. The van der Waals surface area contributed by atoms with Crippen molar-refractivity contribution >= 4 is 47.5 Å². The summed E-state index contributed by atoms with van der Waals surface area (Å²) in [6, 6.07) is 10.4. The Hall–Kier alpha value is -3.60. The third-order valence-corrected chi connectivity index (χ3v) is 9.29. The number of fused-ring (bicyclic) bond motifs is 2. The molecule has 206 valence electrons. The van der Waals surface area contributed by atoms with Crippen molar-refractivity contribution in [2.24, 2.45) is 0 Å². The summed E-state index contributed by atoms with van der Waals surface area (Å²) in [6.07, 6.45) is 6.64. The number of Topliss-reactive ketones (excluding diaryl/α,β-unsaturated/α-hetero) is 1. The molecule has 11 heteroatoms. The van der Waals surface area contributed by atoms with Crippen molar-refractivity contribution in [3.05, 3.63) is 59.8 Å². The average molecular weight is 575 g/mol. The highest BCUT2D eigenvalue weighted by Gasteiger charge is 2.30. The number of carbonyl (C=O) groups excluding carboxylic acids is 1. The van der Waals surface area contributed by atoms with Crippen molar-refractivity contribution in [2.45, 2.75) is 58.2 Å². The molecule has 1 saturated carbocycles. The normalized spacial score (nSPS) is 15.6. The van der Waals surface area contributed by atoms with Crippen molar-refractivity contribution in [1.29, 1.82) is 0 Å². The summed E-state index contributed by atoms with van der Waals surface area (Å²) in [4.78, 5) is 25.8. The molecule has 3 aromatic heterocycles. The van der Waals surface area contributed by atoms with Gasteiger partial charge in [-0.15, -0.1) is 0 Å². The quantitative estimate of drug-likeness (QED) is 0.141. The van der Waals surface area contributed by atoms with Crippen LogP contribution in [0.5, 0.6) is 11.5 Å². The van der Waals surface area contributed by atoms with Crippen molar-refractivity contribution < 1.29 is 14.3 Å². The maximum atomic E-state index is 11.8. The van der Waals surface area contributed by atoms with E-state index < -0.39 is 8.07 Å². The van der Waals surface area contributed by atoms with Crippen LogP contribution in [0.4, 0.5) is 0 Å². The van der Waals surface area contributed by atoms with Gasteiger partial charge >= 0.3 is 0 Å². The minimum atomic E-state index is -1.14. The molecule has 1 aliphatic rings. The highest BCUT2D eigenvalue weighted by atomic mass is 35.5. The molecule has 1 aliphatic carbocycles. The van der Waals surface area contributed by atoms with Gasteiger partial charge in [-0.2, -0.15) is 5.10 Å². The minimum absolute atomic E-state index is 0.180. The molecule has 0 aliphatic heterocycles. The number of nitrogens with zero attached hydrogens (tertiary/aromatic N) is 6. The Morgan fingerprint density at radius 1 is 1.10 bits per heavy atom. The molecule has 6 rings (SSSR count). The summed E-state index contributed by atoms with van der Waals surface area (Å²) < 4.78 is 15.9. The van der Waals surface area contributed by atoms with E-state index in [2.05, 4.69) is 34.3 Å². The average Bonchev–Trinajstić information content (AvgIpc) is 3.50. The lowest BCUT2D eigenvalue weighted by molar-refractivity contribution is -0.128. The first-order valence-corrected chi connectivity index (χ1v) is 17.5. The highest BCUT2D eigenvalue weighted by molar-refractivity contribution is 6.76. The van der Waals surface area contributed by atoms with Crippen LogP contribution < -0.4 is 4.74 Å². The SMILES string of the molecule is Cc1nc2cc(Oc3ccc4ncc(-c5cnn(C6CCC6=O)c5)nc4c3Cl)ccc2n1COCC[Si](C)(C)C. The molecule has 2 aromatic carbocycles. The Kier molecular flexibility index (Phi) is 6.93. The van der Waals surface area contributed by atoms with Gasteiger partial charge in [-0.3, -0.25) is 14.5 Å². The topological polar surface area (TPSA) is 97.0 Å². The van der Waals surface area contributed by atoms with E-state index in [1.807, 2.05) is 37.4 Å². The summed E-state index contributed by atoms with van der Waals surface area (Å²) in [5.41, 5.74) is 4.39. The largest absolute Gasteiger partial charge is 0.456 e. The van der Waals surface area contributed by atoms with Crippen LogP contribution in [0.15, 0.2) is 48.9 Å². The van der Waals surface area contributed by atoms with Crippen LogP contribution in [-0.2, 0) is 16.3 Å². The fourth-order valence-corrected chi connectivity index (χ4v) is 5.67. The van der Waals surface area contributed by atoms with Crippen molar-refractivity contribution in [1.82, 2.24) is 29.3 Å². The summed E-state index contributed by atoms with van der Waals surface area (Å²) in [7, 11) is -1.14. The van der Waals surface area contributed by atoms with E-state index in [0.717, 1.165) is 41.5 Å². The maximum Gasteiger partial charge on any atom is 0.157 e. The number of halogens is 1. The molecule has 0 radical (unpaired) electrons. The fourth-order valence-electron chi connectivity index (χ4n) is 4.67. The van der Waals surface area contributed by atoms with Crippen molar-refractivity contribution in [3.63, 3.8) is 0 Å². The Bertz CT molecular complexity index is 1740. The summed E-state index contributed by atoms with van der Waals surface area (Å²) in [5, 5.41) is 4.73. The molecule has 0 spiro atoms. The van der Waals surface area contributed by atoms with Crippen LogP contribution >= 0.6 is 11.6 Å². The van der Waals surface area contributed by atoms with Gasteiger partial charge < -0.3 is 14.0 Å². The number of aromatic nitrogens is 6. The number of rotatable bonds is 9. The third-order valence-electron chi connectivity index (χ3n) is 7.23. The second kappa shape index (κ2) is 10.4. The fraction of sp³-hybridized carbons (Fsp3) is 0.345.